The third-order valence-corrected chi connectivity index (χ3v) is 1.17. The zero-order valence-electron chi connectivity index (χ0n) is 4.28. The molecular weight excluding hydrogens is 102 g/mol. The topological polar surface area (TPSA) is 30.2 Å². The van der Waals surface area contributed by atoms with Crippen molar-refractivity contribution in [1.82, 2.24) is 9.78 Å². The molecule has 3 nitrogen and oxygen atoms in total. The van der Waals surface area contributed by atoms with Crippen LogP contribution in [0.1, 0.15) is 0 Å². The maximum Gasteiger partial charge on any atom is 0.150 e. The van der Waals surface area contributed by atoms with Crippen LogP contribution >= 0.6 is 0 Å². The molecule has 0 saturated carbocycles. The van der Waals surface area contributed by atoms with Gasteiger partial charge in [-0.25, -0.2) is 9.67 Å². The van der Waals surface area contributed by atoms with Gasteiger partial charge in [-0.1, -0.05) is 0 Å². The molecular formula is C5H5N3. The van der Waals surface area contributed by atoms with Gasteiger partial charge in [0.25, 0.3) is 0 Å². The van der Waals surface area contributed by atoms with Crippen molar-refractivity contribution in [2.75, 3.05) is 0 Å². The van der Waals surface area contributed by atoms with Crippen molar-refractivity contribution in [3.63, 3.8) is 0 Å². The summed E-state index contributed by atoms with van der Waals surface area (Å²) < 4.78 is 1.85. The molecule has 2 rings (SSSR count). The van der Waals surface area contributed by atoms with Crippen LogP contribution in [0.4, 0.5) is 5.82 Å². The van der Waals surface area contributed by atoms with Gasteiger partial charge in [0, 0.05) is 12.3 Å². The van der Waals surface area contributed by atoms with Gasteiger partial charge in [-0.2, -0.15) is 5.10 Å². The lowest BCUT2D eigenvalue weighted by Crippen LogP contribution is -1.92. The first-order chi connectivity index (χ1) is 3.97. The Kier molecular flexibility index (Phi) is 0.566. The molecule has 0 spiro atoms. The molecule has 1 aliphatic heterocycles. The van der Waals surface area contributed by atoms with E-state index in [1.807, 2.05) is 17.0 Å². The van der Waals surface area contributed by atoms with Gasteiger partial charge in [0.2, 0.25) is 0 Å². The van der Waals surface area contributed by atoms with Gasteiger partial charge in [0.05, 0.1) is 12.7 Å². The normalized spacial score (nSPS) is 14.5. The van der Waals surface area contributed by atoms with E-state index in [9.17, 15) is 0 Å². The number of aromatic nitrogens is 2. The molecule has 1 aliphatic rings. The number of hydrogen-bond donors (Lipinski definition) is 0. The van der Waals surface area contributed by atoms with E-state index in [2.05, 4.69) is 10.1 Å². The SMILES string of the molecule is C1=Nc2ccnn2C1. The van der Waals surface area contributed by atoms with Crippen molar-refractivity contribution in [3.05, 3.63) is 12.3 Å². The van der Waals surface area contributed by atoms with Crippen LogP contribution in [0.3, 0.4) is 0 Å². The van der Waals surface area contributed by atoms with Gasteiger partial charge in [0.15, 0.2) is 0 Å². The Hall–Kier alpha value is -1.12. The Morgan fingerprint density at radius 2 is 2.62 bits per heavy atom. The molecule has 8 heavy (non-hydrogen) atoms. The molecule has 0 atom stereocenters. The number of aliphatic imine (C=N–C) groups is 1. The number of fused-ring (bicyclic) bond motifs is 1. The fraction of sp³-hybridized carbons (Fsp3) is 0.200. The fourth-order valence-corrected chi connectivity index (χ4v) is 0.788. The summed E-state index contributed by atoms with van der Waals surface area (Å²) in [4.78, 5) is 4.03. The van der Waals surface area contributed by atoms with E-state index in [4.69, 9.17) is 0 Å². The summed E-state index contributed by atoms with van der Waals surface area (Å²) >= 11 is 0. The maximum atomic E-state index is 4.03. The molecule has 0 fully saturated rings. The van der Waals surface area contributed by atoms with Crippen molar-refractivity contribution >= 4 is 12.0 Å². The highest BCUT2D eigenvalue weighted by Gasteiger charge is 2.01. The Labute approximate surface area is 46.7 Å². The molecule has 0 unspecified atom stereocenters. The Morgan fingerprint density at radius 1 is 1.62 bits per heavy atom. The minimum atomic E-state index is 0.836. The average molecular weight is 107 g/mol. The summed E-state index contributed by atoms with van der Waals surface area (Å²) in [6.45, 7) is 0.836. The summed E-state index contributed by atoms with van der Waals surface area (Å²) in [7, 11) is 0. The van der Waals surface area contributed by atoms with E-state index >= 15 is 0 Å². The quantitative estimate of drug-likeness (QED) is 0.477. The molecule has 1 aromatic heterocycles. The van der Waals surface area contributed by atoms with E-state index < -0.39 is 0 Å². The van der Waals surface area contributed by atoms with Crippen LogP contribution in [0.2, 0.25) is 0 Å². The van der Waals surface area contributed by atoms with E-state index in [0.29, 0.717) is 0 Å². The predicted octanol–water partition coefficient (Wildman–Crippen LogP) is 0.599. The molecule has 0 bridgehead atoms. The smallest absolute Gasteiger partial charge is 0.150 e. The third kappa shape index (κ3) is 0.332. The van der Waals surface area contributed by atoms with E-state index in [1.54, 1.807) is 6.20 Å². The molecule has 0 aliphatic carbocycles. The Bertz CT molecular complexity index is 223. The van der Waals surface area contributed by atoms with Crippen molar-refractivity contribution < 1.29 is 0 Å². The Morgan fingerprint density at radius 3 is 3.50 bits per heavy atom. The minimum absolute atomic E-state index is 0.836. The van der Waals surface area contributed by atoms with Gasteiger partial charge in [-0.05, 0) is 0 Å². The largest absolute Gasteiger partial charge is 0.242 e. The molecule has 2 heterocycles. The van der Waals surface area contributed by atoms with Crippen molar-refractivity contribution in [2.45, 2.75) is 6.54 Å². The minimum Gasteiger partial charge on any atom is -0.242 e. The first kappa shape index (κ1) is 3.83. The highest BCUT2D eigenvalue weighted by molar-refractivity contribution is 5.65. The molecule has 0 amide bonds. The van der Waals surface area contributed by atoms with Crippen molar-refractivity contribution in [2.24, 2.45) is 4.99 Å². The highest BCUT2D eigenvalue weighted by atomic mass is 15.3. The summed E-state index contributed by atoms with van der Waals surface area (Å²) in [6.07, 6.45) is 3.61. The van der Waals surface area contributed by atoms with Crippen LogP contribution in [0.15, 0.2) is 17.3 Å². The van der Waals surface area contributed by atoms with Gasteiger partial charge >= 0.3 is 0 Å². The van der Waals surface area contributed by atoms with Crippen LogP contribution in [-0.4, -0.2) is 16.0 Å². The molecule has 3 heteroatoms. The second-order valence-corrected chi connectivity index (χ2v) is 1.68. The predicted molar refractivity (Wildman–Crippen MR) is 30.4 cm³/mol. The second kappa shape index (κ2) is 1.18. The van der Waals surface area contributed by atoms with Crippen molar-refractivity contribution in [3.8, 4) is 0 Å². The molecule has 0 N–H and O–H groups in total. The van der Waals surface area contributed by atoms with Gasteiger partial charge in [-0.3, -0.25) is 0 Å². The summed E-state index contributed by atoms with van der Waals surface area (Å²) in [6, 6.07) is 1.89. The fourth-order valence-electron chi connectivity index (χ4n) is 0.788. The molecule has 0 radical (unpaired) electrons. The molecule has 1 aromatic rings. The average Bonchev–Trinajstić information content (AvgIpc) is 2.15. The van der Waals surface area contributed by atoms with Crippen LogP contribution in [0.5, 0.6) is 0 Å². The first-order valence-corrected chi connectivity index (χ1v) is 2.51. The van der Waals surface area contributed by atoms with E-state index in [0.717, 1.165) is 12.4 Å². The van der Waals surface area contributed by atoms with E-state index in [-0.39, 0.29) is 0 Å². The molecule has 0 saturated heterocycles. The summed E-state index contributed by atoms with van der Waals surface area (Å²) in [5.74, 6) is 0.963. The maximum absolute atomic E-state index is 4.03. The lowest BCUT2D eigenvalue weighted by molar-refractivity contribution is 0.757. The standard InChI is InChI=1S/C5H5N3/c1-2-7-8-4-3-6-5(1)8/h1-3H,4H2. The van der Waals surface area contributed by atoms with E-state index in [1.165, 1.54) is 0 Å². The van der Waals surface area contributed by atoms with Crippen LogP contribution in [0.25, 0.3) is 0 Å². The highest BCUT2D eigenvalue weighted by Crippen LogP contribution is 2.12. The third-order valence-electron chi connectivity index (χ3n) is 1.17. The zero-order valence-corrected chi connectivity index (χ0v) is 4.28. The monoisotopic (exact) mass is 107 g/mol. The number of rotatable bonds is 0. The number of hydrogen-bond acceptors (Lipinski definition) is 2. The first-order valence-electron chi connectivity index (χ1n) is 2.51. The van der Waals surface area contributed by atoms with Gasteiger partial charge < -0.3 is 0 Å². The zero-order chi connectivity index (χ0) is 5.40. The summed E-state index contributed by atoms with van der Waals surface area (Å²) in [5, 5.41) is 3.99. The Balaban J connectivity index is 2.67. The molecule has 40 valence electrons. The summed E-state index contributed by atoms with van der Waals surface area (Å²) in [5.41, 5.74) is 0. The van der Waals surface area contributed by atoms with Crippen LogP contribution in [0, 0.1) is 0 Å². The second-order valence-electron chi connectivity index (χ2n) is 1.68. The lowest BCUT2D eigenvalue weighted by Gasteiger charge is -1.86. The number of nitrogens with zero attached hydrogens (tertiary/aromatic N) is 3. The van der Waals surface area contributed by atoms with Gasteiger partial charge in [-0.15, -0.1) is 0 Å². The van der Waals surface area contributed by atoms with Gasteiger partial charge in [0.1, 0.15) is 5.82 Å². The van der Waals surface area contributed by atoms with Crippen LogP contribution < -0.4 is 0 Å². The van der Waals surface area contributed by atoms with Crippen LogP contribution in [-0.2, 0) is 6.54 Å². The molecule has 0 aromatic carbocycles. The lowest BCUT2D eigenvalue weighted by atomic mass is 10.7. The van der Waals surface area contributed by atoms with Crippen molar-refractivity contribution in [1.29, 1.82) is 0 Å².